The molecule has 5 heteroatoms. The molecule has 3 aromatic heterocycles. The minimum Gasteiger partial charge on any atom is -0.335 e. The SMILES string of the molecule is Cc1ccnc2nc(-c3nn(C)c4ccccc34)[nH]c12. The second kappa shape index (κ2) is 3.90. The number of imidazole rings is 1. The Labute approximate surface area is 115 Å². The summed E-state index contributed by atoms with van der Waals surface area (Å²) >= 11 is 0. The highest BCUT2D eigenvalue weighted by atomic mass is 15.3. The summed E-state index contributed by atoms with van der Waals surface area (Å²) in [4.78, 5) is 12.2. The van der Waals surface area contributed by atoms with Crippen LogP contribution < -0.4 is 0 Å². The van der Waals surface area contributed by atoms with Gasteiger partial charge in [-0.25, -0.2) is 9.97 Å². The molecule has 0 amide bonds. The number of nitrogens with one attached hydrogen (secondary N) is 1. The first-order chi connectivity index (χ1) is 9.74. The molecule has 0 aliphatic heterocycles. The van der Waals surface area contributed by atoms with Gasteiger partial charge in [0.25, 0.3) is 0 Å². The van der Waals surface area contributed by atoms with E-state index in [0.29, 0.717) is 0 Å². The topological polar surface area (TPSA) is 59.4 Å². The molecule has 0 aliphatic rings. The molecule has 0 bridgehead atoms. The largest absolute Gasteiger partial charge is 0.335 e. The molecule has 5 nitrogen and oxygen atoms in total. The first-order valence-electron chi connectivity index (χ1n) is 6.47. The summed E-state index contributed by atoms with van der Waals surface area (Å²) in [6.07, 6.45) is 1.78. The van der Waals surface area contributed by atoms with Crippen LogP contribution in [-0.2, 0) is 7.05 Å². The molecule has 0 atom stereocenters. The fourth-order valence-electron chi connectivity index (χ4n) is 2.54. The van der Waals surface area contributed by atoms with Crippen LogP contribution in [0, 0.1) is 6.92 Å². The van der Waals surface area contributed by atoms with Crippen molar-refractivity contribution < 1.29 is 0 Å². The lowest BCUT2D eigenvalue weighted by molar-refractivity contribution is 0.798. The van der Waals surface area contributed by atoms with Crippen LogP contribution in [0.25, 0.3) is 33.6 Å². The Hall–Kier alpha value is -2.69. The van der Waals surface area contributed by atoms with Crippen molar-refractivity contribution in [3.63, 3.8) is 0 Å². The fraction of sp³-hybridized carbons (Fsp3) is 0.133. The van der Waals surface area contributed by atoms with Gasteiger partial charge in [-0.05, 0) is 24.6 Å². The van der Waals surface area contributed by atoms with Crippen molar-refractivity contribution in [2.75, 3.05) is 0 Å². The molecule has 0 fully saturated rings. The van der Waals surface area contributed by atoms with Gasteiger partial charge in [0.1, 0.15) is 5.69 Å². The number of H-pyrrole nitrogens is 1. The van der Waals surface area contributed by atoms with Crippen LogP contribution >= 0.6 is 0 Å². The summed E-state index contributed by atoms with van der Waals surface area (Å²) in [5.41, 5.74) is 4.79. The Balaban J connectivity index is 2.04. The van der Waals surface area contributed by atoms with Crippen molar-refractivity contribution >= 4 is 22.1 Å². The number of rotatable bonds is 1. The first-order valence-corrected chi connectivity index (χ1v) is 6.47. The Bertz CT molecular complexity index is 932. The Kier molecular flexibility index (Phi) is 2.18. The van der Waals surface area contributed by atoms with Crippen LogP contribution in [0.4, 0.5) is 0 Å². The van der Waals surface area contributed by atoms with E-state index in [1.54, 1.807) is 6.20 Å². The lowest BCUT2D eigenvalue weighted by Gasteiger charge is -1.92. The number of fused-ring (bicyclic) bond motifs is 2. The van der Waals surface area contributed by atoms with Crippen molar-refractivity contribution in [1.29, 1.82) is 0 Å². The van der Waals surface area contributed by atoms with E-state index in [-0.39, 0.29) is 0 Å². The van der Waals surface area contributed by atoms with E-state index in [0.717, 1.165) is 39.1 Å². The van der Waals surface area contributed by atoms with Gasteiger partial charge in [-0.2, -0.15) is 5.10 Å². The van der Waals surface area contributed by atoms with E-state index in [4.69, 9.17) is 0 Å². The zero-order valence-electron chi connectivity index (χ0n) is 11.3. The van der Waals surface area contributed by atoms with E-state index in [2.05, 4.69) is 32.2 Å². The van der Waals surface area contributed by atoms with Crippen LogP contribution in [-0.4, -0.2) is 24.7 Å². The van der Waals surface area contributed by atoms with Gasteiger partial charge in [0.2, 0.25) is 0 Å². The predicted molar refractivity (Wildman–Crippen MR) is 78.3 cm³/mol. The molecule has 1 aromatic carbocycles. The number of pyridine rings is 1. The molecule has 4 aromatic rings. The molecule has 20 heavy (non-hydrogen) atoms. The molecular formula is C15H13N5. The van der Waals surface area contributed by atoms with E-state index >= 15 is 0 Å². The van der Waals surface area contributed by atoms with Crippen LogP contribution in [0.1, 0.15) is 5.56 Å². The highest BCUT2D eigenvalue weighted by molar-refractivity contribution is 5.93. The van der Waals surface area contributed by atoms with Crippen LogP contribution in [0.5, 0.6) is 0 Å². The maximum absolute atomic E-state index is 4.58. The third-order valence-electron chi connectivity index (χ3n) is 3.58. The quantitative estimate of drug-likeness (QED) is 0.574. The number of aryl methyl sites for hydroxylation is 2. The van der Waals surface area contributed by atoms with Crippen LogP contribution in [0.3, 0.4) is 0 Å². The van der Waals surface area contributed by atoms with Crippen LogP contribution in [0.2, 0.25) is 0 Å². The molecule has 3 heterocycles. The summed E-state index contributed by atoms with van der Waals surface area (Å²) in [6, 6.07) is 10.1. The molecular weight excluding hydrogens is 250 g/mol. The van der Waals surface area contributed by atoms with Gasteiger partial charge in [0.05, 0.1) is 11.0 Å². The van der Waals surface area contributed by atoms with E-state index < -0.39 is 0 Å². The van der Waals surface area contributed by atoms with E-state index in [1.165, 1.54) is 0 Å². The summed E-state index contributed by atoms with van der Waals surface area (Å²) in [5.74, 6) is 0.763. The fourth-order valence-corrected chi connectivity index (χ4v) is 2.54. The summed E-state index contributed by atoms with van der Waals surface area (Å²) in [7, 11) is 1.94. The second-order valence-corrected chi connectivity index (χ2v) is 4.90. The molecule has 0 saturated heterocycles. The lowest BCUT2D eigenvalue weighted by Crippen LogP contribution is -1.90. The lowest BCUT2D eigenvalue weighted by atomic mass is 10.2. The molecule has 0 radical (unpaired) electrons. The Morgan fingerprint density at radius 3 is 2.85 bits per heavy atom. The van der Waals surface area contributed by atoms with Crippen molar-refractivity contribution in [3.8, 4) is 11.5 Å². The number of benzene rings is 1. The van der Waals surface area contributed by atoms with E-state index in [9.17, 15) is 0 Å². The second-order valence-electron chi connectivity index (χ2n) is 4.90. The summed E-state index contributed by atoms with van der Waals surface area (Å²) in [6.45, 7) is 2.04. The number of hydrogen-bond acceptors (Lipinski definition) is 3. The Morgan fingerprint density at radius 1 is 1.15 bits per heavy atom. The van der Waals surface area contributed by atoms with Crippen molar-refractivity contribution in [3.05, 3.63) is 42.1 Å². The Morgan fingerprint density at radius 2 is 2.00 bits per heavy atom. The average molecular weight is 263 g/mol. The van der Waals surface area contributed by atoms with Gasteiger partial charge >= 0.3 is 0 Å². The molecule has 0 saturated carbocycles. The monoisotopic (exact) mass is 263 g/mol. The van der Waals surface area contributed by atoms with Crippen LogP contribution in [0.15, 0.2) is 36.5 Å². The third-order valence-corrected chi connectivity index (χ3v) is 3.58. The normalized spacial score (nSPS) is 11.5. The highest BCUT2D eigenvalue weighted by Crippen LogP contribution is 2.27. The van der Waals surface area contributed by atoms with Crippen molar-refractivity contribution in [1.82, 2.24) is 24.7 Å². The number of para-hydroxylation sites is 1. The minimum absolute atomic E-state index is 0.731. The average Bonchev–Trinajstić information content (AvgIpc) is 3.02. The van der Waals surface area contributed by atoms with Gasteiger partial charge in [-0.1, -0.05) is 18.2 Å². The molecule has 0 spiro atoms. The zero-order chi connectivity index (χ0) is 13.7. The molecule has 4 rings (SSSR count). The van der Waals surface area contributed by atoms with Crippen molar-refractivity contribution in [2.45, 2.75) is 6.92 Å². The number of aromatic nitrogens is 5. The molecule has 1 N–H and O–H groups in total. The maximum Gasteiger partial charge on any atom is 0.178 e. The maximum atomic E-state index is 4.58. The van der Waals surface area contributed by atoms with Gasteiger partial charge in [0, 0.05) is 18.6 Å². The predicted octanol–water partition coefficient (Wildman–Crippen LogP) is 2.82. The summed E-state index contributed by atoms with van der Waals surface area (Å²) in [5, 5.41) is 5.67. The van der Waals surface area contributed by atoms with Crippen molar-refractivity contribution in [2.24, 2.45) is 7.05 Å². The van der Waals surface area contributed by atoms with Gasteiger partial charge in [-0.15, -0.1) is 0 Å². The minimum atomic E-state index is 0.731. The van der Waals surface area contributed by atoms with E-state index in [1.807, 2.05) is 36.9 Å². The van der Waals surface area contributed by atoms with Gasteiger partial charge in [-0.3, -0.25) is 4.68 Å². The smallest absolute Gasteiger partial charge is 0.178 e. The third kappa shape index (κ3) is 1.46. The number of hydrogen-bond donors (Lipinski definition) is 1. The first kappa shape index (κ1) is 11.2. The van der Waals surface area contributed by atoms with Gasteiger partial charge < -0.3 is 4.98 Å². The highest BCUT2D eigenvalue weighted by Gasteiger charge is 2.14. The number of aromatic amines is 1. The molecule has 0 unspecified atom stereocenters. The number of nitrogens with zero attached hydrogens (tertiary/aromatic N) is 4. The summed E-state index contributed by atoms with van der Waals surface area (Å²) < 4.78 is 1.87. The molecule has 0 aliphatic carbocycles. The van der Waals surface area contributed by atoms with Gasteiger partial charge in [0.15, 0.2) is 11.5 Å². The molecule has 98 valence electrons. The standard InChI is InChI=1S/C15H13N5/c1-9-7-8-16-14-12(9)17-15(18-14)13-10-5-3-4-6-11(10)20(2)19-13/h3-8H,1-2H3,(H,16,17,18). The zero-order valence-corrected chi connectivity index (χ0v) is 11.3.